The van der Waals surface area contributed by atoms with Crippen LogP contribution in [0.15, 0.2) is 64.3 Å². The van der Waals surface area contributed by atoms with Gasteiger partial charge < -0.3 is 10.3 Å². The largest absolute Gasteiger partial charge is 0.349 e. The highest BCUT2D eigenvalue weighted by atomic mass is 35.5. The molecule has 0 spiro atoms. The second kappa shape index (κ2) is 7.91. The van der Waals surface area contributed by atoms with Crippen LogP contribution in [-0.4, -0.2) is 32.4 Å². The highest BCUT2D eigenvalue weighted by Gasteiger charge is 2.14. The fourth-order valence-corrected chi connectivity index (χ4v) is 3.84. The summed E-state index contributed by atoms with van der Waals surface area (Å²) in [5.74, 6) is -0.500. The predicted octanol–water partition coefficient (Wildman–Crippen LogP) is 1.89. The third-order valence-electron chi connectivity index (χ3n) is 3.81. The summed E-state index contributed by atoms with van der Waals surface area (Å²) in [5, 5.41) is 4.01. The summed E-state index contributed by atoms with van der Waals surface area (Å²) in [7, 11) is -3.72. The van der Waals surface area contributed by atoms with Gasteiger partial charge in [-0.1, -0.05) is 35.9 Å². The van der Waals surface area contributed by atoms with Gasteiger partial charge in [0.15, 0.2) is 0 Å². The minimum absolute atomic E-state index is 0.0155. The van der Waals surface area contributed by atoms with Crippen molar-refractivity contribution in [2.45, 2.75) is 4.90 Å². The molecule has 0 radical (unpaired) electrons. The summed E-state index contributed by atoms with van der Waals surface area (Å²) in [6.45, 7) is 0.0336. The number of aromatic amines is 1. The molecule has 0 atom stereocenters. The monoisotopic (exact) mass is 405 g/mol. The number of hydrogen-bond donors (Lipinski definition) is 3. The van der Waals surface area contributed by atoms with Crippen LogP contribution in [0.4, 0.5) is 0 Å². The van der Waals surface area contributed by atoms with E-state index in [1.165, 1.54) is 18.2 Å². The Morgan fingerprint density at radius 1 is 1.04 bits per heavy atom. The van der Waals surface area contributed by atoms with E-state index in [9.17, 15) is 18.0 Å². The Labute approximate surface area is 160 Å². The quantitative estimate of drug-likeness (QED) is 0.544. The van der Waals surface area contributed by atoms with E-state index in [4.69, 9.17) is 11.6 Å². The van der Waals surface area contributed by atoms with E-state index in [1.807, 2.05) is 0 Å². The molecule has 7 nitrogen and oxygen atoms in total. The Bertz CT molecular complexity index is 1160. The minimum atomic E-state index is -3.72. The lowest BCUT2D eigenvalue weighted by Gasteiger charge is -2.09. The molecule has 0 unspecified atom stereocenters. The Balaban J connectivity index is 1.61. The molecule has 0 aliphatic carbocycles. The smallest absolute Gasteiger partial charge is 0.267 e. The van der Waals surface area contributed by atoms with Crippen LogP contribution in [0.25, 0.3) is 10.8 Å². The molecule has 0 saturated carbocycles. The molecule has 9 heteroatoms. The number of aromatic nitrogens is 1. The molecule has 27 heavy (non-hydrogen) atoms. The summed E-state index contributed by atoms with van der Waals surface area (Å²) < 4.78 is 26.7. The van der Waals surface area contributed by atoms with Gasteiger partial charge in [-0.25, -0.2) is 13.1 Å². The van der Waals surface area contributed by atoms with Crippen molar-refractivity contribution in [3.63, 3.8) is 0 Å². The van der Waals surface area contributed by atoms with Gasteiger partial charge in [0, 0.05) is 23.5 Å². The zero-order chi connectivity index (χ0) is 19.4. The van der Waals surface area contributed by atoms with Crippen molar-refractivity contribution in [1.82, 2.24) is 15.0 Å². The van der Waals surface area contributed by atoms with E-state index in [0.717, 1.165) is 0 Å². The number of pyridine rings is 1. The van der Waals surface area contributed by atoms with Gasteiger partial charge in [-0.15, -0.1) is 0 Å². The van der Waals surface area contributed by atoms with Gasteiger partial charge in [0.05, 0.1) is 4.90 Å². The maximum Gasteiger partial charge on any atom is 0.267 e. The number of nitrogens with one attached hydrogen (secondary N) is 3. The first-order chi connectivity index (χ1) is 12.9. The molecule has 3 N–H and O–H groups in total. The predicted molar refractivity (Wildman–Crippen MR) is 104 cm³/mol. The van der Waals surface area contributed by atoms with Crippen LogP contribution in [0.5, 0.6) is 0 Å². The first-order valence-electron chi connectivity index (χ1n) is 8.02. The number of fused-ring (bicyclic) bond motifs is 1. The number of carbonyl (C=O) groups is 1. The summed E-state index contributed by atoms with van der Waals surface area (Å²) in [4.78, 5) is 26.8. The molecule has 0 bridgehead atoms. The molecular weight excluding hydrogens is 390 g/mol. The second-order valence-electron chi connectivity index (χ2n) is 5.71. The van der Waals surface area contributed by atoms with Gasteiger partial charge in [-0.3, -0.25) is 9.59 Å². The number of benzene rings is 2. The van der Waals surface area contributed by atoms with Gasteiger partial charge in [-0.2, -0.15) is 0 Å². The third-order valence-corrected chi connectivity index (χ3v) is 5.50. The van der Waals surface area contributed by atoms with Crippen LogP contribution in [0.3, 0.4) is 0 Å². The molecule has 1 heterocycles. The second-order valence-corrected chi connectivity index (χ2v) is 7.91. The lowest BCUT2D eigenvalue weighted by molar-refractivity contribution is 0.0949. The van der Waals surface area contributed by atoms with E-state index in [2.05, 4.69) is 15.0 Å². The number of hydrogen-bond acceptors (Lipinski definition) is 4. The van der Waals surface area contributed by atoms with Crippen LogP contribution < -0.4 is 15.6 Å². The molecule has 3 rings (SSSR count). The lowest BCUT2D eigenvalue weighted by atomic mass is 10.1. The van der Waals surface area contributed by atoms with Crippen molar-refractivity contribution in [3.8, 4) is 0 Å². The molecule has 2 aromatic carbocycles. The number of carbonyl (C=O) groups excluding carboxylic acids is 1. The Hall–Kier alpha value is -2.68. The maximum absolute atomic E-state index is 12.2. The fourth-order valence-electron chi connectivity index (χ4n) is 2.51. The highest BCUT2D eigenvalue weighted by Crippen LogP contribution is 2.15. The topological polar surface area (TPSA) is 108 Å². The van der Waals surface area contributed by atoms with E-state index in [1.54, 1.807) is 36.4 Å². The van der Waals surface area contributed by atoms with Crippen molar-refractivity contribution in [2.75, 3.05) is 13.1 Å². The van der Waals surface area contributed by atoms with Crippen LogP contribution in [0.1, 0.15) is 10.5 Å². The van der Waals surface area contributed by atoms with Crippen LogP contribution in [-0.2, 0) is 10.0 Å². The van der Waals surface area contributed by atoms with Gasteiger partial charge >= 0.3 is 0 Å². The Kier molecular flexibility index (Phi) is 5.59. The normalized spacial score (nSPS) is 11.4. The first-order valence-corrected chi connectivity index (χ1v) is 9.88. The lowest BCUT2D eigenvalue weighted by Crippen LogP contribution is -2.35. The summed E-state index contributed by atoms with van der Waals surface area (Å²) >= 11 is 5.80. The molecule has 0 saturated heterocycles. The van der Waals surface area contributed by atoms with Crippen molar-refractivity contribution >= 4 is 38.3 Å². The van der Waals surface area contributed by atoms with Gasteiger partial charge in [-0.05, 0) is 35.7 Å². The number of halogens is 1. The number of rotatable bonds is 6. The molecule has 1 aromatic heterocycles. The molecule has 3 aromatic rings. The van der Waals surface area contributed by atoms with Gasteiger partial charge in [0.1, 0.15) is 5.69 Å². The number of amides is 1. The standard InChI is InChI=1S/C18H16ClN3O4S/c19-13-5-3-6-14(11-13)27(25,26)21-9-8-20-18(24)16-10-12-4-1-2-7-15(12)17(23)22-16/h1-7,10-11,21H,8-9H2,(H,20,24)(H,22,23). The SMILES string of the molecule is O=C(NCCNS(=O)(=O)c1cccc(Cl)c1)c1cc2ccccc2c(=O)[nH]1. The van der Waals surface area contributed by atoms with Crippen molar-refractivity contribution in [1.29, 1.82) is 0 Å². The molecule has 140 valence electrons. The molecule has 0 aliphatic rings. The summed E-state index contributed by atoms with van der Waals surface area (Å²) in [6, 6.07) is 14.4. The average Bonchev–Trinajstić information content (AvgIpc) is 2.65. The van der Waals surface area contributed by atoms with Crippen LogP contribution in [0, 0.1) is 0 Å². The van der Waals surface area contributed by atoms with Crippen molar-refractivity contribution < 1.29 is 13.2 Å². The van der Waals surface area contributed by atoms with E-state index in [-0.39, 0.29) is 29.2 Å². The van der Waals surface area contributed by atoms with Crippen molar-refractivity contribution in [2.24, 2.45) is 0 Å². The first kappa shape index (κ1) is 19.1. The van der Waals surface area contributed by atoms with E-state index < -0.39 is 15.9 Å². The zero-order valence-electron chi connectivity index (χ0n) is 14.0. The third kappa shape index (κ3) is 4.54. The van der Waals surface area contributed by atoms with Crippen LogP contribution >= 0.6 is 11.6 Å². The van der Waals surface area contributed by atoms with E-state index >= 15 is 0 Å². The summed E-state index contributed by atoms with van der Waals surface area (Å²) in [5.41, 5.74) is -0.253. The molecule has 0 aliphatic heterocycles. The zero-order valence-corrected chi connectivity index (χ0v) is 15.6. The van der Waals surface area contributed by atoms with Gasteiger partial charge in [0.2, 0.25) is 10.0 Å². The van der Waals surface area contributed by atoms with E-state index in [0.29, 0.717) is 15.8 Å². The van der Waals surface area contributed by atoms with Crippen LogP contribution in [0.2, 0.25) is 5.02 Å². The van der Waals surface area contributed by atoms with Crippen molar-refractivity contribution in [3.05, 3.63) is 75.7 Å². The number of sulfonamides is 1. The fraction of sp³-hybridized carbons (Fsp3) is 0.111. The average molecular weight is 406 g/mol. The Morgan fingerprint density at radius 2 is 1.81 bits per heavy atom. The number of H-pyrrole nitrogens is 1. The minimum Gasteiger partial charge on any atom is -0.349 e. The van der Waals surface area contributed by atoms with Gasteiger partial charge in [0.25, 0.3) is 11.5 Å². The molecular formula is C18H16ClN3O4S. The molecule has 1 amide bonds. The maximum atomic E-state index is 12.2. The Morgan fingerprint density at radius 3 is 2.59 bits per heavy atom. The molecule has 0 fully saturated rings. The highest BCUT2D eigenvalue weighted by molar-refractivity contribution is 7.89. The summed E-state index contributed by atoms with van der Waals surface area (Å²) in [6.07, 6.45) is 0.